The van der Waals surface area contributed by atoms with E-state index >= 15 is 0 Å². The van der Waals surface area contributed by atoms with Gasteiger partial charge in [-0.3, -0.25) is 0 Å². The van der Waals surface area contributed by atoms with E-state index in [1.807, 2.05) is 24.3 Å². The van der Waals surface area contributed by atoms with Gasteiger partial charge in [-0.2, -0.15) is 5.26 Å². The molecule has 0 aliphatic heterocycles. The van der Waals surface area contributed by atoms with E-state index in [9.17, 15) is 0 Å². The van der Waals surface area contributed by atoms with Crippen LogP contribution in [0.4, 0.5) is 0 Å². The largest absolute Gasteiger partial charge is 0.192 e. The Morgan fingerprint density at radius 3 is 2.61 bits per heavy atom. The number of benzene rings is 1. The van der Waals surface area contributed by atoms with Gasteiger partial charge in [0.1, 0.15) is 0 Å². The summed E-state index contributed by atoms with van der Waals surface area (Å²) in [5.41, 5.74) is 2.12. The molecule has 0 aromatic heterocycles. The molecule has 0 spiro atoms. The second-order valence-electron chi connectivity index (χ2n) is 5.87. The molecular weight excluding hydrogens is 218 g/mol. The van der Waals surface area contributed by atoms with Crippen LogP contribution in [0.25, 0.3) is 6.08 Å². The van der Waals surface area contributed by atoms with E-state index in [4.69, 9.17) is 5.26 Å². The molecule has 0 radical (unpaired) electrons. The molecule has 2 rings (SSSR count). The summed E-state index contributed by atoms with van der Waals surface area (Å²) in [6.45, 7) is 4.68. The quantitative estimate of drug-likeness (QED) is 0.728. The summed E-state index contributed by atoms with van der Waals surface area (Å²) >= 11 is 0. The molecule has 1 heteroatoms. The summed E-state index contributed by atoms with van der Waals surface area (Å²) in [6.07, 6.45) is 9.61. The van der Waals surface area contributed by atoms with E-state index in [0.717, 1.165) is 17.0 Å². The lowest BCUT2D eigenvalue weighted by atomic mass is 9.72. The Morgan fingerprint density at radius 1 is 1.28 bits per heavy atom. The smallest absolute Gasteiger partial charge is 0.0997 e. The van der Waals surface area contributed by atoms with Gasteiger partial charge >= 0.3 is 0 Å². The van der Waals surface area contributed by atoms with Crippen molar-refractivity contribution in [2.75, 3.05) is 0 Å². The van der Waals surface area contributed by atoms with Crippen molar-refractivity contribution in [3.8, 4) is 6.07 Å². The number of hydrogen-bond donors (Lipinski definition) is 0. The Balaban J connectivity index is 2.13. The van der Waals surface area contributed by atoms with E-state index in [1.165, 1.54) is 25.7 Å². The molecule has 0 N–H and O–H groups in total. The Hall–Kier alpha value is -1.55. The summed E-state index contributed by atoms with van der Waals surface area (Å²) in [7, 11) is 0. The molecule has 0 atom stereocenters. The predicted octanol–water partition coefficient (Wildman–Crippen LogP) is 4.79. The molecule has 94 valence electrons. The molecule has 1 aromatic rings. The van der Waals surface area contributed by atoms with E-state index in [-0.39, 0.29) is 0 Å². The molecule has 1 aromatic carbocycles. The van der Waals surface area contributed by atoms with E-state index in [0.29, 0.717) is 5.41 Å². The zero-order chi connectivity index (χ0) is 13.0. The Bertz CT molecular complexity index is 471. The van der Waals surface area contributed by atoms with Crippen LogP contribution in [0.1, 0.15) is 50.7 Å². The third-order valence-corrected chi connectivity index (χ3v) is 4.16. The normalized spacial score (nSPS) is 28.2. The highest BCUT2D eigenvalue weighted by Gasteiger charge is 2.26. The average Bonchev–Trinajstić information content (AvgIpc) is 2.41. The van der Waals surface area contributed by atoms with Gasteiger partial charge in [-0.15, -0.1) is 0 Å². The van der Waals surface area contributed by atoms with Gasteiger partial charge in [-0.25, -0.2) is 0 Å². The lowest BCUT2D eigenvalue weighted by molar-refractivity contribution is 0.234. The van der Waals surface area contributed by atoms with Crippen LogP contribution in [-0.4, -0.2) is 0 Å². The minimum Gasteiger partial charge on any atom is -0.192 e. The standard InChI is InChI=1S/C17H21N/c1-14-7-10-17(2,11-8-14)12-9-15-5-3-4-6-16(15)13-18/h3-6,9,12,14H,7-8,10-11H2,1-2H3/b12-9+. The molecule has 0 bridgehead atoms. The third-order valence-electron chi connectivity index (χ3n) is 4.16. The molecule has 0 unspecified atom stereocenters. The zero-order valence-corrected chi connectivity index (χ0v) is 11.3. The second-order valence-corrected chi connectivity index (χ2v) is 5.87. The van der Waals surface area contributed by atoms with Crippen LogP contribution in [0.3, 0.4) is 0 Å². The van der Waals surface area contributed by atoms with E-state index in [2.05, 4.69) is 32.1 Å². The SMILES string of the molecule is CC1CCC(C)(/C=C/c2ccccc2C#N)CC1. The summed E-state index contributed by atoms with van der Waals surface area (Å²) in [6, 6.07) is 10.1. The fourth-order valence-corrected chi connectivity index (χ4v) is 2.62. The highest BCUT2D eigenvalue weighted by molar-refractivity contribution is 5.58. The molecule has 1 saturated carbocycles. The van der Waals surface area contributed by atoms with Gasteiger partial charge in [0.25, 0.3) is 0 Å². The monoisotopic (exact) mass is 239 g/mol. The minimum absolute atomic E-state index is 0.315. The number of hydrogen-bond acceptors (Lipinski definition) is 1. The highest BCUT2D eigenvalue weighted by Crippen LogP contribution is 2.39. The van der Waals surface area contributed by atoms with Gasteiger partial charge in [0.2, 0.25) is 0 Å². The van der Waals surface area contributed by atoms with E-state index in [1.54, 1.807) is 0 Å². The molecule has 1 aliphatic rings. The van der Waals surface area contributed by atoms with Gasteiger partial charge in [0, 0.05) is 0 Å². The van der Waals surface area contributed by atoms with Crippen LogP contribution in [0.5, 0.6) is 0 Å². The summed E-state index contributed by atoms with van der Waals surface area (Å²) in [5, 5.41) is 9.07. The molecular formula is C17H21N. The summed E-state index contributed by atoms with van der Waals surface area (Å²) in [4.78, 5) is 0. The first-order chi connectivity index (χ1) is 8.63. The number of rotatable bonds is 2. The van der Waals surface area contributed by atoms with Crippen molar-refractivity contribution in [3.05, 3.63) is 41.5 Å². The molecule has 1 fully saturated rings. The van der Waals surface area contributed by atoms with Crippen molar-refractivity contribution < 1.29 is 0 Å². The fraction of sp³-hybridized carbons (Fsp3) is 0.471. The number of nitriles is 1. The van der Waals surface area contributed by atoms with Gasteiger partial charge in [-0.05, 0) is 48.6 Å². The van der Waals surface area contributed by atoms with E-state index < -0.39 is 0 Å². The first-order valence-corrected chi connectivity index (χ1v) is 6.81. The Kier molecular flexibility index (Phi) is 3.87. The highest BCUT2D eigenvalue weighted by atomic mass is 14.3. The topological polar surface area (TPSA) is 23.8 Å². The second kappa shape index (κ2) is 5.40. The fourth-order valence-electron chi connectivity index (χ4n) is 2.62. The van der Waals surface area contributed by atoms with Crippen molar-refractivity contribution >= 4 is 6.08 Å². The lowest BCUT2D eigenvalue weighted by Gasteiger charge is -2.33. The Morgan fingerprint density at radius 2 is 1.94 bits per heavy atom. The molecule has 0 heterocycles. The van der Waals surface area contributed by atoms with Gasteiger partial charge in [0.15, 0.2) is 0 Å². The molecule has 18 heavy (non-hydrogen) atoms. The van der Waals surface area contributed by atoms with Crippen molar-refractivity contribution in [1.29, 1.82) is 5.26 Å². The van der Waals surface area contributed by atoms with Crippen molar-refractivity contribution in [2.45, 2.75) is 39.5 Å². The summed E-state index contributed by atoms with van der Waals surface area (Å²) < 4.78 is 0. The van der Waals surface area contributed by atoms with Gasteiger partial charge < -0.3 is 0 Å². The van der Waals surface area contributed by atoms with Crippen LogP contribution in [-0.2, 0) is 0 Å². The maximum Gasteiger partial charge on any atom is 0.0997 e. The predicted molar refractivity (Wildman–Crippen MR) is 75.9 cm³/mol. The minimum atomic E-state index is 0.315. The average molecular weight is 239 g/mol. The van der Waals surface area contributed by atoms with Crippen molar-refractivity contribution in [3.63, 3.8) is 0 Å². The first kappa shape index (κ1) is 12.9. The molecule has 0 amide bonds. The van der Waals surface area contributed by atoms with Crippen molar-refractivity contribution in [2.24, 2.45) is 11.3 Å². The van der Waals surface area contributed by atoms with Crippen LogP contribution in [0.15, 0.2) is 30.3 Å². The first-order valence-electron chi connectivity index (χ1n) is 6.81. The summed E-state index contributed by atoms with van der Waals surface area (Å²) in [5.74, 6) is 0.873. The van der Waals surface area contributed by atoms with Gasteiger partial charge in [0.05, 0.1) is 11.6 Å². The zero-order valence-electron chi connectivity index (χ0n) is 11.3. The lowest BCUT2D eigenvalue weighted by Crippen LogP contribution is -2.21. The van der Waals surface area contributed by atoms with Crippen LogP contribution in [0.2, 0.25) is 0 Å². The van der Waals surface area contributed by atoms with Crippen LogP contribution < -0.4 is 0 Å². The maximum absolute atomic E-state index is 9.07. The molecule has 1 aliphatic carbocycles. The van der Waals surface area contributed by atoms with Gasteiger partial charge in [-0.1, -0.05) is 44.2 Å². The van der Waals surface area contributed by atoms with Crippen molar-refractivity contribution in [1.82, 2.24) is 0 Å². The molecule has 1 nitrogen and oxygen atoms in total. The molecule has 0 saturated heterocycles. The van der Waals surface area contributed by atoms with Crippen LogP contribution >= 0.6 is 0 Å². The third kappa shape index (κ3) is 3.01. The number of allylic oxidation sites excluding steroid dienone is 1. The van der Waals surface area contributed by atoms with Crippen LogP contribution in [0, 0.1) is 22.7 Å². The number of nitrogens with zero attached hydrogens (tertiary/aromatic N) is 1. The maximum atomic E-state index is 9.07. The Labute approximate surface area is 110 Å².